The normalized spacial score (nSPS) is 16.2. The standard InChI is InChI=1S/C22H21N3O5/c1-14-12-17-10-6-7-11-18(17)25(14)21(27)15(2)29-19(26)13-24-22(28)30-20(23-24)16-8-4-3-5-9-16/h3-11,14-15H,12-13H2,1-2H3/t14-,15-/m0/s1. The van der Waals surface area contributed by atoms with Crippen LogP contribution in [0.5, 0.6) is 0 Å². The summed E-state index contributed by atoms with van der Waals surface area (Å²) in [7, 11) is 0. The van der Waals surface area contributed by atoms with Gasteiger partial charge < -0.3 is 14.1 Å². The van der Waals surface area contributed by atoms with E-state index in [0.717, 1.165) is 22.4 Å². The van der Waals surface area contributed by atoms with Gasteiger partial charge in [-0.1, -0.05) is 36.4 Å². The van der Waals surface area contributed by atoms with Crippen LogP contribution in [0, 0.1) is 0 Å². The molecule has 0 unspecified atom stereocenters. The third-order valence-electron chi connectivity index (χ3n) is 5.01. The fourth-order valence-electron chi connectivity index (χ4n) is 3.61. The van der Waals surface area contributed by atoms with Crippen molar-refractivity contribution in [3.8, 4) is 11.5 Å². The Hall–Kier alpha value is -3.68. The molecule has 0 fully saturated rings. The second kappa shape index (κ2) is 7.98. The number of esters is 1. The van der Waals surface area contributed by atoms with Gasteiger partial charge >= 0.3 is 11.7 Å². The van der Waals surface area contributed by atoms with Gasteiger partial charge in [-0.15, -0.1) is 5.10 Å². The molecule has 0 saturated heterocycles. The minimum Gasteiger partial charge on any atom is -0.451 e. The zero-order valence-electron chi connectivity index (χ0n) is 16.6. The van der Waals surface area contributed by atoms with E-state index in [-0.39, 0.29) is 17.8 Å². The summed E-state index contributed by atoms with van der Waals surface area (Å²) in [5, 5.41) is 4.03. The first-order valence-electron chi connectivity index (χ1n) is 9.68. The molecular formula is C22H21N3O5. The highest BCUT2D eigenvalue weighted by Crippen LogP contribution is 2.32. The van der Waals surface area contributed by atoms with E-state index < -0.39 is 24.4 Å². The molecule has 1 aliphatic rings. The van der Waals surface area contributed by atoms with Crippen LogP contribution in [0.15, 0.2) is 63.8 Å². The lowest BCUT2D eigenvalue weighted by atomic mass is 10.1. The Bertz CT molecular complexity index is 1130. The Morgan fingerprint density at radius 2 is 1.87 bits per heavy atom. The topological polar surface area (TPSA) is 94.6 Å². The molecule has 0 bridgehead atoms. The summed E-state index contributed by atoms with van der Waals surface area (Å²) >= 11 is 0. The summed E-state index contributed by atoms with van der Waals surface area (Å²) in [4.78, 5) is 38.9. The first kappa shape index (κ1) is 19.6. The van der Waals surface area contributed by atoms with Crippen LogP contribution in [0.4, 0.5) is 5.69 Å². The highest BCUT2D eigenvalue weighted by atomic mass is 16.5. The Morgan fingerprint density at radius 3 is 2.63 bits per heavy atom. The summed E-state index contributed by atoms with van der Waals surface area (Å²) < 4.78 is 11.3. The van der Waals surface area contributed by atoms with Gasteiger partial charge in [-0.3, -0.25) is 9.59 Å². The average molecular weight is 407 g/mol. The summed E-state index contributed by atoms with van der Waals surface area (Å²) in [5.74, 6) is -1.71. The van der Waals surface area contributed by atoms with Gasteiger partial charge in [-0.2, -0.15) is 4.68 Å². The van der Waals surface area contributed by atoms with Gasteiger partial charge in [0.2, 0.25) is 5.89 Å². The van der Waals surface area contributed by atoms with Crippen molar-refractivity contribution < 1.29 is 18.7 Å². The summed E-state index contributed by atoms with van der Waals surface area (Å²) in [5.41, 5.74) is 2.53. The van der Waals surface area contributed by atoms with Crippen molar-refractivity contribution in [1.29, 1.82) is 0 Å². The van der Waals surface area contributed by atoms with E-state index in [2.05, 4.69) is 5.10 Å². The monoisotopic (exact) mass is 407 g/mol. The number of carbonyl (C=O) groups is 2. The van der Waals surface area contributed by atoms with E-state index in [0.29, 0.717) is 5.56 Å². The Kier molecular flexibility index (Phi) is 5.22. The van der Waals surface area contributed by atoms with Crippen LogP contribution in [0.25, 0.3) is 11.5 Å². The van der Waals surface area contributed by atoms with Gasteiger partial charge in [0.05, 0.1) is 0 Å². The number of ether oxygens (including phenoxy) is 1. The number of para-hydroxylation sites is 1. The van der Waals surface area contributed by atoms with Crippen LogP contribution < -0.4 is 10.7 Å². The third kappa shape index (κ3) is 3.76. The average Bonchev–Trinajstić information content (AvgIpc) is 3.27. The molecule has 0 radical (unpaired) electrons. The quantitative estimate of drug-likeness (QED) is 0.603. The van der Waals surface area contributed by atoms with Crippen LogP contribution in [0.2, 0.25) is 0 Å². The molecule has 30 heavy (non-hydrogen) atoms. The number of benzene rings is 2. The van der Waals surface area contributed by atoms with Gasteiger partial charge in [0.15, 0.2) is 6.10 Å². The van der Waals surface area contributed by atoms with E-state index in [9.17, 15) is 14.4 Å². The maximum atomic E-state index is 12.9. The number of hydrogen-bond donors (Lipinski definition) is 0. The number of nitrogens with zero attached hydrogens (tertiary/aromatic N) is 3. The zero-order chi connectivity index (χ0) is 21.3. The number of fused-ring (bicyclic) bond motifs is 1. The minimum atomic E-state index is -0.998. The van der Waals surface area contributed by atoms with Gasteiger partial charge in [0.25, 0.3) is 5.91 Å². The fourth-order valence-corrected chi connectivity index (χ4v) is 3.61. The molecule has 8 heteroatoms. The molecule has 0 spiro atoms. The van der Waals surface area contributed by atoms with E-state index in [4.69, 9.17) is 9.15 Å². The van der Waals surface area contributed by atoms with Crippen LogP contribution in [0.3, 0.4) is 0 Å². The van der Waals surface area contributed by atoms with Crippen molar-refractivity contribution >= 4 is 17.6 Å². The molecule has 1 amide bonds. The Labute approximate surface area is 172 Å². The number of amides is 1. The van der Waals surface area contributed by atoms with Gasteiger partial charge in [-0.25, -0.2) is 4.79 Å². The highest BCUT2D eigenvalue weighted by Gasteiger charge is 2.34. The van der Waals surface area contributed by atoms with Crippen molar-refractivity contribution in [2.24, 2.45) is 0 Å². The van der Waals surface area contributed by atoms with Gasteiger partial charge in [0, 0.05) is 17.3 Å². The molecule has 0 saturated carbocycles. The predicted octanol–water partition coefficient (Wildman–Crippen LogP) is 2.41. The Morgan fingerprint density at radius 1 is 1.17 bits per heavy atom. The van der Waals surface area contributed by atoms with Crippen molar-refractivity contribution in [3.05, 3.63) is 70.7 Å². The van der Waals surface area contributed by atoms with Crippen molar-refractivity contribution in [2.45, 2.75) is 39.0 Å². The fraction of sp³-hybridized carbons (Fsp3) is 0.273. The molecule has 1 aromatic heterocycles. The molecule has 2 aromatic carbocycles. The minimum absolute atomic E-state index is 0.0253. The summed E-state index contributed by atoms with van der Waals surface area (Å²) in [6.45, 7) is 3.03. The maximum absolute atomic E-state index is 12.9. The second-order valence-corrected chi connectivity index (χ2v) is 7.22. The van der Waals surface area contributed by atoms with Crippen LogP contribution in [-0.2, 0) is 27.3 Å². The molecule has 1 aliphatic heterocycles. The van der Waals surface area contributed by atoms with Crippen molar-refractivity contribution in [2.75, 3.05) is 4.90 Å². The lowest BCUT2D eigenvalue weighted by Gasteiger charge is -2.25. The van der Waals surface area contributed by atoms with Crippen LogP contribution in [-0.4, -0.2) is 33.8 Å². The van der Waals surface area contributed by atoms with Crippen LogP contribution >= 0.6 is 0 Å². The van der Waals surface area contributed by atoms with Crippen molar-refractivity contribution in [1.82, 2.24) is 9.78 Å². The number of anilines is 1. The van der Waals surface area contributed by atoms with E-state index in [1.165, 1.54) is 6.92 Å². The number of rotatable bonds is 5. The maximum Gasteiger partial charge on any atom is 0.437 e. The van der Waals surface area contributed by atoms with Gasteiger partial charge in [0.1, 0.15) is 6.54 Å². The molecule has 2 atom stereocenters. The summed E-state index contributed by atoms with van der Waals surface area (Å²) in [6, 6.07) is 16.5. The van der Waals surface area contributed by atoms with E-state index >= 15 is 0 Å². The van der Waals surface area contributed by atoms with Crippen molar-refractivity contribution in [3.63, 3.8) is 0 Å². The third-order valence-corrected chi connectivity index (χ3v) is 5.01. The van der Waals surface area contributed by atoms with Crippen LogP contribution in [0.1, 0.15) is 19.4 Å². The second-order valence-electron chi connectivity index (χ2n) is 7.22. The molecule has 154 valence electrons. The smallest absolute Gasteiger partial charge is 0.437 e. The highest BCUT2D eigenvalue weighted by molar-refractivity contribution is 5.99. The molecule has 0 N–H and O–H groups in total. The largest absolute Gasteiger partial charge is 0.451 e. The molecule has 0 aliphatic carbocycles. The lowest BCUT2D eigenvalue weighted by Crippen LogP contribution is -2.43. The summed E-state index contributed by atoms with van der Waals surface area (Å²) in [6.07, 6.45) is -0.249. The Balaban J connectivity index is 1.43. The first-order valence-corrected chi connectivity index (χ1v) is 9.68. The molecular weight excluding hydrogens is 386 g/mol. The predicted molar refractivity (Wildman–Crippen MR) is 109 cm³/mol. The number of aromatic nitrogens is 2. The SMILES string of the molecule is C[C@H](OC(=O)Cn1nc(-c2ccccc2)oc1=O)C(=O)N1c2ccccc2C[C@@H]1C. The molecule has 8 nitrogen and oxygen atoms in total. The number of hydrogen-bond acceptors (Lipinski definition) is 6. The molecule has 2 heterocycles. The zero-order valence-corrected chi connectivity index (χ0v) is 16.6. The molecule has 4 rings (SSSR count). The van der Waals surface area contributed by atoms with E-state index in [1.54, 1.807) is 29.2 Å². The first-order chi connectivity index (χ1) is 14.4. The number of carbonyl (C=O) groups excluding carboxylic acids is 2. The lowest BCUT2D eigenvalue weighted by molar-refractivity contribution is -0.154. The molecule has 3 aromatic rings. The van der Waals surface area contributed by atoms with Gasteiger partial charge in [-0.05, 0) is 44.0 Å². The van der Waals surface area contributed by atoms with E-state index in [1.807, 2.05) is 37.3 Å².